The average molecular weight is 133 g/mol. The molecule has 0 aromatic heterocycles. The lowest BCUT2D eigenvalue weighted by Gasteiger charge is -2.04. The van der Waals surface area contributed by atoms with Gasteiger partial charge in [0.05, 0.1) is 6.61 Å². The number of aliphatic hydroxyl groups is 1. The minimum atomic E-state index is -1.12. The van der Waals surface area contributed by atoms with Crippen molar-refractivity contribution in [3.63, 3.8) is 0 Å². The Balaban J connectivity index is 3.27. The Morgan fingerprint density at radius 3 is 2.78 bits per heavy atom. The Labute approximate surface area is 53.4 Å². The Hall–Kier alpha value is -0.770. The van der Waals surface area contributed by atoms with E-state index in [1.807, 2.05) is 0 Å². The van der Waals surface area contributed by atoms with Gasteiger partial charge in [-0.15, -0.1) is 0 Å². The fourth-order valence-corrected chi connectivity index (χ4v) is 0.257. The molecule has 4 heteroatoms. The molecule has 4 nitrogen and oxygen atoms in total. The number of carbonyl (C=O) groups excluding carboxylic acids is 1. The van der Waals surface area contributed by atoms with E-state index in [1.165, 1.54) is 6.92 Å². The first-order valence-electron chi connectivity index (χ1n) is 2.47. The monoisotopic (exact) mass is 133 g/mol. The molecule has 0 aromatic carbocycles. The number of aliphatic hydroxyl groups excluding tert-OH is 1. The highest BCUT2D eigenvalue weighted by atomic mass is 16.8. The van der Waals surface area contributed by atoms with Gasteiger partial charge in [0.25, 0.3) is 0 Å². The van der Waals surface area contributed by atoms with Crippen LogP contribution in [0.5, 0.6) is 0 Å². The molecule has 53 valence electrons. The molecule has 0 heterocycles. The van der Waals surface area contributed by atoms with Crippen LogP contribution in [0.3, 0.4) is 0 Å². The maximum absolute atomic E-state index is 10.2. The fraction of sp³-hybridized carbons (Fsp3) is 0.600. The molecule has 0 bridgehead atoms. The van der Waals surface area contributed by atoms with E-state index in [0.29, 0.717) is 0 Å². The molecule has 0 fully saturated rings. The Morgan fingerprint density at radius 2 is 2.44 bits per heavy atom. The van der Waals surface area contributed by atoms with E-state index in [9.17, 15) is 4.79 Å². The molecule has 0 aliphatic carbocycles. The zero-order chi connectivity index (χ0) is 7.28. The van der Waals surface area contributed by atoms with Crippen LogP contribution in [0.15, 0.2) is 0 Å². The second-order valence-corrected chi connectivity index (χ2v) is 1.32. The van der Waals surface area contributed by atoms with E-state index in [2.05, 4.69) is 16.4 Å². The van der Waals surface area contributed by atoms with Gasteiger partial charge in [0, 0.05) is 0 Å². The van der Waals surface area contributed by atoms with Crippen LogP contribution in [-0.4, -0.2) is 24.2 Å². The van der Waals surface area contributed by atoms with E-state index < -0.39 is 12.4 Å². The van der Waals surface area contributed by atoms with Crippen molar-refractivity contribution in [1.29, 1.82) is 0 Å². The van der Waals surface area contributed by atoms with Gasteiger partial charge < -0.3 is 14.6 Å². The van der Waals surface area contributed by atoms with Gasteiger partial charge in [0.2, 0.25) is 6.29 Å². The van der Waals surface area contributed by atoms with Gasteiger partial charge in [-0.05, 0) is 13.8 Å². The van der Waals surface area contributed by atoms with E-state index >= 15 is 0 Å². The van der Waals surface area contributed by atoms with E-state index in [1.54, 1.807) is 0 Å². The molecule has 0 amide bonds. The standard InChI is InChI=1S/C5H9O4/c1-3-8-5(7)9-4(2)6/h4,6H,1,3H2,2H3. The molecule has 0 aliphatic heterocycles. The molecule has 0 spiro atoms. The predicted molar refractivity (Wildman–Crippen MR) is 29.5 cm³/mol. The summed E-state index contributed by atoms with van der Waals surface area (Å²) in [5.41, 5.74) is 0. The van der Waals surface area contributed by atoms with Crippen LogP contribution in [0.2, 0.25) is 0 Å². The van der Waals surface area contributed by atoms with Crippen molar-refractivity contribution >= 4 is 6.16 Å². The van der Waals surface area contributed by atoms with Crippen LogP contribution >= 0.6 is 0 Å². The smallest absolute Gasteiger partial charge is 0.434 e. The molecule has 0 saturated heterocycles. The lowest BCUT2D eigenvalue weighted by molar-refractivity contribution is -0.0659. The van der Waals surface area contributed by atoms with E-state index in [0.717, 1.165) is 0 Å². The lowest BCUT2D eigenvalue weighted by atomic mass is 10.8. The number of carbonyl (C=O) groups is 1. The van der Waals surface area contributed by atoms with Crippen molar-refractivity contribution in [2.45, 2.75) is 13.2 Å². The number of rotatable bonds is 2. The van der Waals surface area contributed by atoms with Crippen molar-refractivity contribution in [1.82, 2.24) is 0 Å². The second kappa shape index (κ2) is 4.14. The summed E-state index contributed by atoms with van der Waals surface area (Å²) in [5.74, 6) is 0. The van der Waals surface area contributed by atoms with Gasteiger partial charge in [0.1, 0.15) is 0 Å². The van der Waals surface area contributed by atoms with Crippen molar-refractivity contribution < 1.29 is 19.4 Å². The third-order valence-corrected chi connectivity index (χ3v) is 0.487. The molecule has 1 radical (unpaired) electrons. The molecular formula is C5H9O4. The third-order valence-electron chi connectivity index (χ3n) is 0.487. The largest absolute Gasteiger partial charge is 0.510 e. The summed E-state index contributed by atoms with van der Waals surface area (Å²) < 4.78 is 8.37. The second-order valence-electron chi connectivity index (χ2n) is 1.32. The minimum absolute atomic E-state index is 0.00551. The highest BCUT2D eigenvalue weighted by Gasteiger charge is 2.04. The normalized spacial score (nSPS) is 12.3. The summed E-state index contributed by atoms with van der Waals surface area (Å²) in [6.07, 6.45) is -2.02. The van der Waals surface area contributed by atoms with Gasteiger partial charge in [-0.25, -0.2) is 4.79 Å². The molecule has 1 N–H and O–H groups in total. The first-order valence-corrected chi connectivity index (χ1v) is 2.47. The number of hydrogen-bond donors (Lipinski definition) is 1. The molecule has 0 rings (SSSR count). The predicted octanol–water partition coefficient (Wildman–Crippen LogP) is 0.312. The Morgan fingerprint density at radius 1 is 1.89 bits per heavy atom. The number of hydrogen-bond acceptors (Lipinski definition) is 4. The summed E-state index contributed by atoms with van der Waals surface area (Å²) in [4.78, 5) is 10.2. The van der Waals surface area contributed by atoms with Gasteiger partial charge in [-0.2, -0.15) is 0 Å². The zero-order valence-electron chi connectivity index (χ0n) is 5.16. The highest BCUT2D eigenvalue weighted by Crippen LogP contribution is 1.88. The summed E-state index contributed by atoms with van der Waals surface area (Å²) >= 11 is 0. The van der Waals surface area contributed by atoms with Gasteiger partial charge in [0.15, 0.2) is 0 Å². The van der Waals surface area contributed by atoms with Gasteiger partial charge >= 0.3 is 6.16 Å². The maximum atomic E-state index is 10.2. The van der Waals surface area contributed by atoms with E-state index in [4.69, 9.17) is 5.11 Å². The van der Waals surface area contributed by atoms with Crippen LogP contribution in [0.4, 0.5) is 4.79 Å². The van der Waals surface area contributed by atoms with Crippen molar-refractivity contribution in [2.75, 3.05) is 6.61 Å². The quantitative estimate of drug-likeness (QED) is 0.435. The lowest BCUT2D eigenvalue weighted by Crippen LogP contribution is -2.14. The topological polar surface area (TPSA) is 55.8 Å². The first kappa shape index (κ1) is 8.23. The van der Waals surface area contributed by atoms with Crippen LogP contribution in [0, 0.1) is 6.92 Å². The molecule has 0 saturated carbocycles. The Kier molecular flexibility index (Phi) is 3.79. The van der Waals surface area contributed by atoms with Crippen LogP contribution in [0.1, 0.15) is 6.92 Å². The van der Waals surface area contributed by atoms with E-state index in [-0.39, 0.29) is 6.61 Å². The van der Waals surface area contributed by atoms with Crippen LogP contribution < -0.4 is 0 Å². The number of ether oxygens (including phenoxy) is 2. The Bertz CT molecular complexity index is 89.0. The third kappa shape index (κ3) is 5.10. The zero-order valence-corrected chi connectivity index (χ0v) is 5.16. The summed E-state index contributed by atoms with van der Waals surface area (Å²) in [6.45, 7) is 4.54. The molecule has 0 aromatic rings. The molecule has 1 unspecified atom stereocenters. The van der Waals surface area contributed by atoms with Gasteiger partial charge in [-0.1, -0.05) is 0 Å². The van der Waals surface area contributed by atoms with Gasteiger partial charge in [-0.3, -0.25) is 0 Å². The molecular weight excluding hydrogens is 124 g/mol. The van der Waals surface area contributed by atoms with Crippen molar-refractivity contribution in [3.8, 4) is 0 Å². The minimum Gasteiger partial charge on any atom is -0.434 e. The highest BCUT2D eigenvalue weighted by molar-refractivity contribution is 5.59. The van der Waals surface area contributed by atoms with Crippen LogP contribution in [-0.2, 0) is 9.47 Å². The molecule has 0 aliphatic rings. The summed E-state index contributed by atoms with van der Waals surface area (Å²) in [7, 11) is 0. The first-order chi connectivity index (χ1) is 4.16. The summed E-state index contributed by atoms with van der Waals surface area (Å²) in [5, 5.41) is 8.41. The van der Waals surface area contributed by atoms with Crippen molar-refractivity contribution in [3.05, 3.63) is 6.92 Å². The maximum Gasteiger partial charge on any atom is 0.510 e. The molecule has 9 heavy (non-hydrogen) atoms. The van der Waals surface area contributed by atoms with Crippen LogP contribution in [0.25, 0.3) is 0 Å². The fourth-order valence-electron chi connectivity index (χ4n) is 0.257. The SMILES string of the molecule is [CH2]COC(=O)OC(C)O. The summed E-state index contributed by atoms with van der Waals surface area (Å²) in [6, 6.07) is 0. The van der Waals surface area contributed by atoms with Crippen molar-refractivity contribution in [2.24, 2.45) is 0 Å². The average Bonchev–Trinajstić information content (AvgIpc) is 1.63. The molecule has 1 atom stereocenters.